The first-order chi connectivity index (χ1) is 9.66. The first-order valence-corrected chi connectivity index (χ1v) is 7.00. The fourth-order valence-corrected chi connectivity index (χ4v) is 3.10. The molecule has 0 bridgehead atoms. The summed E-state index contributed by atoms with van der Waals surface area (Å²) >= 11 is 1.41. The maximum absolute atomic E-state index is 12.2. The summed E-state index contributed by atoms with van der Waals surface area (Å²) in [6, 6.07) is 9.63. The van der Waals surface area contributed by atoms with Gasteiger partial charge in [0.2, 0.25) is 0 Å². The van der Waals surface area contributed by atoms with Crippen LogP contribution in [-0.4, -0.2) is 15.7 Å². The smallest absolute Gasteiger partial charge is 0.263 e. The van der Waals surface area contributed by atoms with Gasteiger partial charge in [-0.05, 0) is 12.1 Å². The number of nitrogen functional groups attached to an aromatic ring is 1. The number of nitrogens with zero attached hydrogens (tertiary/aromatic N) is 2. The number of thiophene rings is 1. The van der Waals surface area contributed by atoms with Crippen molar-refractivity contribution >= 4 is 33.0 Å². The van der Waals surface area contributed by atoms with Crippen LogP contribution in [0.15, 0.2) is 36.5 Å². The first kappa shape index (κ1) is 12.7. The first-order valence-electron chi connectivity index (χ1n) is 6.19. The Morgan fingerprint density at radius 2 is 2.20 bits per heavy atom. The van der Waals surface area contributed by atoms with Gasteiger partial charge in [0.25, 0.3) is 5.91 Å². The van der Waals surface area contributed by atoms with E-state index in [1.54, 1.807) is 10.9 Å². The van der Waals surface area contributed by atoms with Gasteiger partial charge in [0, 0.05) is 23.3 Å². The monoisotopic (exact) mass is 286 g/mol. The molecule has 5 nitrogen and oxygen atoms in total. The summed E-state index contributed by atoms with van der Waals surface area (Å²) in [5, 5.41) is 7.87. The van der Waals surface area contributed by atoms with E-state index in [4.69, 9.17) is 5.73 Å². The number of aromatic nitrogens is 2. The van der Waals surface area contributed by atoms with Gasteiger partial charge < -0.3 is 11.1 Å². The van der Waals surface area contributed by atoms with E-state index in [0.29, 0.717) is 17.1 Å². The van der Waals surface area contributed by atoms with Crippen molar-refractivity contribution in [3.8, 4) is 0 Å². The summed E-state index contributed by atoms with van der Waals surface area (Å²) in [6.45, 7) is 0.434. The van der Waals surface area contributed by atoms with Gasteiger partial charge in [-0.15, -0.1) is 11.3 Å². The molecule has 20 heavy (non-hydrogen) atoms. The molecular formula is C14H14N4OS. The molecule has 3 aromatic rings. The zero-order valence-corrected chi connectivity index (χ0v) is 11.8. The molecule has 0 fully saturated rings. The predicted molar refractivity (Wildman–Crippen MR) is 80.6 cm³/mol. The zero-order valence-electron chi connectivity index (χ0n) is 11.0. The van der Waals surface area contributed by atoms with Crippen LogP contribution in [0.3, 0.4) is 0 Å². The van der Waals surface area contributed by atoms with Gasteiger partial charge in [-0.25, -0.2) is 0 Å². The van der Waals surface area contributed by atoms with Gasteiger partial charge in [0.05, 0.1) is 17.9 Å². The molecule has 1 amide bonds. The van der Waals surface area contributed by atoms with Crippen LogP contribution in [0.2, 0.25) is 0 Å². The Morgan fingerprint density at radius 3 is 2.90 bits per heavy atom. The highest BCUT2D eigenvalue weighted by Gasteiger charge is 2.16. The van der Waals surface area contributed by atoms with Gasteiger partial charge in [-0.1, -0.05) is 18.2 Å². The number of fused-ring (bicyclic) bond motifs is 1. The van der Waals surface area contributed by atoms with Gasteiger partial charge in [0.1, 0.15) is 4.88 Å². The molecule has 0 unspecified atom stereocenters. The number of hydrogen-bond donors (Lipinski definition) is 2. The molecule has 2 heterocycles. The summed E-state index contributed by atoms with van der Waals surface area (Å²) in [6.07, 6.45) is 1.70. The highest BCUT2D eigenvalue weighted by Crippen LogP contribution is 2.33. The maximum Gasteiger partial charge on any atom is 0.263 e. The fourth-order valence-electron chi connectivity index (χ4n) is 2.06. The van der Waals surface area contributed by atoms with Crippen molar-refractivity contribution in [3.63, 3.8) is 0 Å². The number of carbonyl (C=O) groups is 1. The Morgan fingerprint density at radius 1 is 1.40 bits per heavy atom. The van der Waals surface area contributed by atoms with Crippen molar-refractivity contribution in [1.29, 1.82) is 0 Å². The Labute approximate surface area is 120 Å². The lowest BCUT2D eigenvalue weighted by molar-refractivity contribution is 0.0955. The number of amides is 1. The summed E-state index contributed by atoms with van der Waals surface area (Å²) in [7, 11) is 1.84. The average molecular weight is 286 g/mol. The fraction of sp³-hybridized carbons (Fsp3) is 0.143. The number of benzene rings is 1. The van der Waals surface area contributed by atoms with Crippen molar-refractivity contribution in [1.82, 2.24) is 15.1 Å². The number of aryl methyl sites for hydroxylation is 1. The highest BCUT2D eigenvalue weighted by atomic mass is 32.1. The zero-order chi connectivity index (χ0) is 14.1. The topological polar surface area (TPSA) is 72.9 Å². The van der Waals surface area contributed by atoms with Crippen molar-refractivity contribution in [2.45, 2.75) is 6.54 Å². The van der Waals surface area contributed by atoms with Crippen LogP contribution in [0, 0.1) is 0 Å². The lowest BCUT2D eigenvalue weighted by atomic mass is 10.2. The summed E-state index contributed by atoms with van der Waals surface area (Å²) in [4.78, 5) is 12.8. The van der Waals surface area contributed by atoms with Gasteiger partial charge in [-0.3, -0.25) is 9.48 Å². The second kappa shape index (κ2) is 4.97. The normalized spacial score (nSPS) is 10.8. The van der Waals surface area contributed by atoms with Gasteiger partial charge in [-0.2, -0.15) is 5.10 Å². The SMILES string of the molecule is Cn1nccc1CNC(=O)c1sc2ccccc2c1N. The van der Waals surface area contributed by atoms with E-state index in [0.717, 1.165) is 15.8 Å². The molecular weight excluding hydrogens is 272 g/mol. The minimum atomic E-state index is -0.148. The van der Waals surface area contributed by atoms with Crippen molar-refractivity contribution in [2.75, 3.05) is 5.73 Å². The number of hydrogen-bond acceptors (Lipinski definition) is 4. The predicted octanol–water partition coefficient (Wildman–Crippen LogP) is 2.15. The summed E-state index contributed by atoms with van der Waals surface area (Å²) in [5.74, 6) is -0.148. The third-order valence-electron chi connectivity index (χ3n) is 3.19. The lowest BCUT2D eigenvalue weighted by Crippen LogP contribution is -2.23. The average Bonchev–Trinajstić information content (AvgIpc) is 3.01. The molecule has 3 N–H and O–H groups in total. The number of anilines is 1. The standard InChI is InChI=1S/C14H14N4OS/c1-18-9(6-7-17-18)8-16-14(19)13-12(15)10-4-2-3-5-11(10)20-13/h2-7H,8,15H2,1H3,(H,16,19). The van der Waals surface area contributed by atoms with Gasteiger partial charge >= 0.3 is 0 Å². The van der Waals surface area contributed by atoms with Crippen LogP contribution >= 0.6 is 11.3 Å². The molecule has 0 spiro atoms. The van der Waals surface area contributed by atoms with Crippen LogP contribution in [-0.2, 0) is 13.6 Å². The molecule has 0 aliphatic heterocycles. The van der Waals surface area contributed by atoms with E-state index in [1.165, 1.54) is 11.3 Å². The van der Waals surface area contributed by atoms with Crippen LogP contribution in [0.25, 0.3) is 10.1 Å². The number of nitrogens with one attached hydrogen (secondary N) is 1. The highest BCUT2D eigenvalue weighted by molar-refractivity contribution is 7.21. The van der Waals surface area contributed by atoms with Crippen LogP contribution in [0.1, 0.15) is 15.4 Å². The lowest BCUT2D eigenvalue weighted by Gasteiger charge is -2.04. The second-order valence-corrected chi connectivity index (χ2v) is 5.52. The minimum absolute atomic E-state index is 0.148. The van der Waals surface area contributed by atoms with Crippen molar-refractivity contribution in [2.24, 2.45) is 7.05 Å². The largest absolute Gasteiger partial charge is 0.397 e. The Bertz CT molecular complexity index is 774. The molecule has 2 aromatic heterocycles. The van der Waals surface area contributed by atoms with E-state index in [2.05, 4.69) is 10.4 Å². The van der Waals surface area contributed by atoms with E-state index in [-0.39, 0.29) is 5.91 Å². The van der Waals surface area contributed by atoms with Crippen molar-refractivity contribution < 1.29 is 4.79 Å². The second-order valence-electron chi connectivity index (χ2n) is 4.47. The Hall–Kier alpha value is -2.34. The number of nitrogens with two attached hydrogens (primary N) is 1. The Balaban J connectivity index is 1.82. The molecule has 1 aromatic carbocycles. The molecule has 0 saturated carbocycles. The Kier molecular flexibility index (Phi) is 3.15. The molecule has 0 aliphatic carbocycles. The summed E-state index contributed by atoms with van der Waals surface area (Å²) in [5.41, 5.74) is 7.54. The third kappa shape index (κ3) is 2.14. The summed E-state index contributed by atoms with van der Waals surface area (Å²) < 4.78 is 2.75. The molecule has 3 rings (SSSR count). The molecule has 6 heteroatoms. The van der Waals surface area contributed by atoms with E-state index in [1.807, 2.05) is 37.4 Å². The van der Waals surface area contributed by atoms with E-state index < -0.39 is 0 Å². The molecule has 0 aliphatic rings. The molecule has 102 valence electrons. The third-order valence-corrected chi connectivity index (χ3v) is 4.38. The molecule has 0 radical (unpaired) electrons. The molecule has 0 saturated heterocycles. The van der Waals surface area contributed by atoms with E-state index in [9.17, 15) is 4.79 Å². The quantitative estimate of drug-likeness (QED) is 0.775. The van der Waals surface area contributed by atoms with Crippen molar-refractivity contribution in [3.05, 3.63) is 47.1 Å². The van der Waals surface area contributed by atoms with E-state index >= 15 is 0 Å². The van der Waals surface area contributed by atoms with Crippen LogP contribution < -0.4 is 11.1 Å². The van der Waals surface area contributed by atoms with Gasteiger partial charge in [0.15, 0.2) is 0 Å². The molecule has 0 atom stereocenters. The number of rotatable bonds is 3. The minimum Gasteiger partial charge on any atom is -0.397 e. The number of carbonyl (C=O) groups excluding carboxylic acids is 1. The van der Waals surface area contributed by atoms with Crippen LogP contribution in [0.4, 0.5) is 5.69 Å². The van der Waals surface area contributed by atoms with Crippen LogP contribution in [0.5, 0.6) is 0 Å². The maximum atomic E-state index is 12.2.